The zero-order valence-electron chi connectivity index (χ0n) is 27.1. The predicted molar refractivity (Wildman–Crippen MR) is 180 cm³/mol. The summed E-state index contributed by atoms with van der Waals surface area (Å²) in [6.07, 6.45) is 6.90. The average Bonchev–Trinajstić information content (AvgIpc) is 3.08. The number of esters is 2. The monoisotopic (exact) mass is 629 g/mol. The zero-order chi connectivity index (χ0) is 32.9. The summed E-state index contributed by atoms with van der Waals surface area (Å²) in [6.45, 7) is 5.29. The van der Waals surface area contributed by atoms with Crippen molar-refractivity contribution < 1.29 is 27.8 Å². The molecule has 0 saturated carbocycles. The number of ether oxygens (including phenoxy) is 2. The SMILES string of the molecule is CCCCCCc1ccc(-c2ccc(C(=O)Oc3ccc4cc([C@H](C)C(=O)OC[C@@H](F)[C@H](F)CCCCC)ccc4c3)cc2)nc1. The molecule has 0 radical (unpaired) electrons. The Balaban J connectivity index is 1.31. The topological polar surface area (TPSA) is 65.5 Å². The van der Waals surface area contributed by atoms with E-state index in [1.165, 1.54) is 31.2 Å². The third-order valence-electron chi connectivity index (χ3n) is 8.32. The van der Waals surface area contributed by atoms with Crippen molar-refractivity contribution in [2.24, 2.45) is 0 Å². The lowest BCUT2D eigenvalue weighted by molar-refractivity contribution is -0.147. The summed E-state index contributed by atoms with van der Waals surface area (Å²) in [5.74, 6) is -1.34. The van der Waals surface area contributed by atoms with Crippen molar-refractivity contribution in [3.8, 4) is 17.0 Å². The highest BCUT2D eigenvalue weighted by atomic mass is 19.2. The van der Waals surface area contributed by atoms with Crippen molar-refractivity contribution in [2.75, 3.05) is 6.61 Å². The Bertz CT molecular complexity index is 1560. The second-order valence-electron chi connectivity index (χ2n) is 12.0. The lowest BCUT2D eigenvalue weighted by Gasteiger charge is -2.16. The Morgan fingerprint density at radius 1 is 0.783 bits per heavy atom. The fourth-order valence-corrected chi connectivity index (χ4v) is 5.31. The molecule has 0 spiro atoms. The minimum atomic E-state index is -1.83. The molecule has 0 aliphatic carbocycles. The van der Waals surface area contributed by atoms with E-state index < -0.39 is 36.8 Å². The first-order valence-corrected chi connectivity index (χ1v) is 16.5. The molecule has 0 fully saturated rings. The van der Waals surface area contributed by atoms with E-state index >= 15 is 0 Å². The van der Waals surface area contributed by atoms with Crippen LogP contribution in [0, 0.1) is 0 Å². The molecule has 0 bridgehead atoms. The van der Waals surface area contributed by atoms with E-state index in [9.17, 15) is 18.4 Å². The van der Waals surface area contributed by atoms with Crippen molar-refractivity contribution in [3.63, 3.8) is 0 Å². The molecule has 3 atom stereocenters. The molecule has 0 N–H and O–H groups in total. The predicted octanol–water partition coefficient (Wildman–Crippen LogP) is 10.1. The summed E-state index contributed by atoms with van der Waals surface area (Å²) in [6, 6.07) is 22.0. The molecule has 7 heteroatoms. The summed E-state index contributed by atoms with van der Waals surface area (Å²) >= 11 is 0. The van der Waals surface area contributed by atoms with Crippen molar-refractivity contribution in [2.45, 2.75) is 96.8 Å². The van der Waals surface area contributed by atoms with E-state index in [4.69, 9.17) is 9.47 Å². The maximum absolute atomic E-state index is 14.2. The van der Waals surface area contributed by atoms with Crippen LogP contribution in [0.4, 0.5) is 8.78 Å². The number of fused-ring (bicyclic) bond motifs is 1. The molecule has 1 heterocycles. The van der Waals surface area contributed by atoms with E-state index in [0.717, 1.165) is 41.3 Å². The second kappa shape index (κ2) is 17.5. The molecule has 3 aromatic carbocycles. The highest BCUT2D eigenvalue weighted by Crippen LogP contribution is 2.27. The Labute approximate surface area is 271 Å². The normalized spacial score (nSPS) is 13.2. The molecule has 4 rings (SSSR count). The van der Waals surface area contributed by atoms with Crippen molar-refractivity contribution >= 4 is 22.7 Å². The number of aromatic nitrogens is 1. The maximum atomic E-state index is 14.2. The van der Waals surface area contributed by atoms with Crippen LogP contribution in [0.3, 0.4) is 0 Å². The molecule has 4 aromatic rings. The van der Waals surface area contributed by atoms with Crippen LogP contribution < -0.4 is 4.74 Å². The van der Waals surface area contributed by atoms with Gasteiger partial charge < -0.3 is 9.47 Å². The fourth-order valence-electron chi connectivity index (χ4n) is 5.31. The number of unbranched alkanes of at least 4 members (excludes halogenated alkanes) is 5. The largest absolute Gasteiger partial charge is 0.462 e. The number of carbonyl (C=O) groups excluding carboxylic acids is 2. The molecule has 0 aliphatic rings. The first kappa shape index (κ1) is 34.7. The quantitative estimate of drug-likeness (QED) is 0.0661. The second-order valence-corrected chi connectivity index (χ2v) is 12.0. The molecular weight excluding hydrogens is 584 g/mol. The van der Waals surface area contributed by atoms with Gasteiger partial charge in [-0.05, 0) is 78.4 Å². The van der Waals surface area contributed by atoms with Gasteiger partial charge in [0.05, 0.1) is 17.2 Å². The minimum Gasteiger partial charge on any atom is -0.462 e. The van der Waals surface area contributed by atoms with Crippen molar-refractivity contribution in [1.29, 1.82) is 0 Å². The molecular formula is C39H45F2NO4. The number of aryl methyl sites for hydroxylation is 1. The van der Waals surface area contributed by atoms with Crippen LogP contribution in [0.15, 0.2) is 79.0 Å². The lowest BCUT2D eigenvalue weighted by Crippen LogP contribution is -2.26. The van der Waals surface area contributed by atoms with Crippen LogP contribution in [-0.4, -0.2) is 35.9 Å². The van der Waals surface area contributed by atoms with Crippen LogP contribution in [0.1, 0.15) is 99.5 Å². The maximum Gasteiger partial charge on any atom is 0.343 e. The van der Waals surface area contributed by atoms with E-state index in [0.29, 0.717) is 23.3 Å². The highest BCUT2D eigenvalue weighted by molar-refractivity contribution is 5.93. The Morgan fingerprint density at radius 3 is 2.22 bits per heavy atom. The summed E-state index contributed by atoms with van der Waals surface area (Å²) in [5.41, 5.74) is 4.12. The zero-order valence-corrected chi connectivity index (χ0v) is 27.1. The highest BCUT2D eigenvalue weighted by Gasteiger charge is 2.24. The number of carbonyl (C=O) groups is 2. The van der Waals surface area contributed by atoms with Crippen LogP contribution in [0.5, 0.6) is 5.75 Å². The molecule has 5 nitrogen and oxygen atoms in total. The van der Waals surface area contributed by atoms with Gasteiger partial charge in [0.1, 0.15) is 18.5 Å². The Morgan fingerprint density at radius 2 is 1.50 bits per heavy atom. The van der Waals surface area contributed by atoms with Gasteiger partial charge in [-0.2, -0.15) is 0 Å². The summed E-state index contributed by atoms with van der Waals surface area (Å²) in [5, 5.41) is 1.66. The molecule has 1 aromatic heterocycles. The number of rotatable bonds is 17. The average molecular weight is 630 g/mol. The number of benzene rings is 3. The number of pyridine rings is 1. The number of nitrogens with zero attached hydrogens (tertiary/aromatic N) is 1. The first-order chi connectivity index (χ1) is 22.3. The number of hydrogen-bond acceptors (Lipinski definition) is 5. The number of halogens is 2. The van der Waals surface area contributed by atoms with Gasteiger partial charge in [-0.1, -0.05) is 94.8 Å². The van der Waals surface area contributed by atoms with Crippen molar-refractivity contribution in [1.82, 2.24) is 4.98 Å². The molecule has 244 valence electrons. The van der Waals surface area contributed by atoms with Crippen LogP contribution in [-0.2, 0) is 16.0 Å². The van der Waals surface area contributed by atoms with Gasteiger partial charge in [-0.25, -0.2) is 13.6 Å². The third-order valence-corrected chi connectivity index (χ3v) is 8.32. The summed E-state index contributed by atoms with van der Waals surface area (Å²) in [4.78, 5) is 30.1. The van der Waals surface area contributed by atoms with E-state index in [2.05, 4.69) is 18.0 Å². The minimum absolute atomic E-state index is 0.127. The van der Waals surface area contributed by atoms with Crippen LogP contribution >= 0.6 is 0 Å². The fraction of sp³-hybridized carbons (Fsp3) is 0.410. The van der Waals surface area contributed by atoms with E-state index in [1.54, 1.807) is 37.3 Å². The van der Waals surface area contributed by atoms with Crippen LogP contribution in [0.2, 0.25) is 0 Å². The van der Waals surface area contributed by atoms with E-state index in [1.807, 2.05) is 49.5 Å². The number of hydrogen-bond donors (Lipinski definition) is 0. The molecule has 0 amide bonds. The Hall–Kier alpha value is -4.13. The summed E-state index contributed by atoms with van der Waals surface area (Å²) in [7, 11) is 0. The van der Waals surface area contributed by atoms with Crippen molar-refractivity contribution in [3.05, 3.63) is 95.7 Å². The summed E-state index contributed by atoms with van der Waals surface area (Å²) < 4.78 is 38.9. The van der Waals surface area contributed by atoms with Gasteiger partial charge in [0.15, 0.2) is 6.17 Å². The van der Waals surface area contributed by atoms with Gasteiger partial charge in [-0.3, -0.25) is 9.78 Å². The van der Waals surface area contributed by atoms with Gasteiger partial charge in [0.25, 0.3) is 0 Å². The van der Waals surface area contributed by atoms with E-state index in [-0.39, 0.29) is 6.42 Å². The first-order valence-electron chi connectivity index (χ1n) is 16.5. The van der Waals surface area contributed by atoms with Gasteiger partial charge in [0.2, 0.25) is 0 Å². The van der Waals surface area contributed by atoms with Gasteiger partial charge in [0, 0.05) is 11.8 Å². The molecule has 0 aliphatic heterocycles. The smallest absolute Gasteiger partial charge is 0.343 e. The number of alkyl halides is 2. The standard InChI is InChI=1S/C39H45F2NO4/c1-4-6-8-10-11-28-13-22-37(42-25-28)29-14-16-30(17-15-29)39(44)46-34-21-20-32-23-31(18-19-33(32)24-34)27(3)38(43)45-26-36(41)35(40)12-9-7-5-2/h13-25,27,35-36H,4-12,26H2,1-3H3/t27-,35+,36+/m0/s1. The lowest BCUT2D eigenvalue weighted by atomic mass is 9.98. The van der Waals surface area contributed by atoms with Gasteiger partial charge in [-0.15, -0.1) is 0 Å². The Kier molecular flexibility index (Phi) is 13.2. The molecule has 0 saturated heterocycles. The molecule has 0 unspecified atom stereocenters. The molecule has 46 heavy (non-hydrogen) atoms. The van der Waals surface area contributed by atoms with Crippen LogP contribution in [0.25, 0.3) is 22.0 Å². The third kappa shape index (κ3) is 9.93. The van der Waals surface area contributed by atoms with Gasteiger partial charge >= 0.3 is 11.9 Å².